The summed E-state index contributed by atoms with van der Waals surface area (Å²) >= 11 is 0. The number of Topliss-reactive ketones (excluding diaryl/α,β-unsaturated/α-hetero) is 1. The van der Waals surface area contributed by atoms with Crippen molar-refractivity contribution in [1.29, 1.82) is 0 Å². The van der Waals surface area contributed by atoms with Gasteiger partial charge in [-0.25, -0.2) is 0 Å². The lowest BCUT2D eigenvalue weighted by molar-refractivity contribution is 0.00578. The lowest BCUT2D eigenvalue weighted by Crippen LogP contribution is -2.41. The molecule has 2 rings (SSSR count). The van der Waals surface area contributed by atoms with Gasteiger partial charge in [-0.05, 0) is 38.7 Å². The summed E-state index contributed by atoms with van der Waals surface area (Å²) in [5, 5.41) is 0. The molecule has 1 aromatic rings. The second-order valence-corrected chi connectivity index (χ2v) is 7.65. The summed E-state index contributed by atoms with van der Waals surface area (Å²) in [6.07, 6.45) is 1.98. The molecule has 0 amide bonds. The van der Waals surface area contributed by atoms with Gasteiger partial charge < -0.3 is 15.0 Å². The van der Waals surface area contributed by atoms with E-state index in [1.807, 2.05) is 71.9 Å². The van der Waals surface area contributed by atoms with E-state index < -0.39 is 7.12 Å². The van der Waals surface area contributed by atoms with Gasteiger partial charge in [-0.1, -0.05) is 44.2 Å². The van der Waals surface area contributed by atoms with Crippen molar-refractivity contribution in [2.45, 2.75) is 52.7 Å². The summed E-state index contributed by atoms with van der Waals surface area (Å²) in [4.78, 5) is 12.0. The zero-order chi connectivity index (χ0) is 18.1. The molecule has 24 heavy (non-hydrogen) atoms. The van der Waals surface area contributed by atoms with Crippen molar-refractivity contribution in [1.82, 2.24) is 0 Å². The van der Waals surface area contributed by atoms with Crippen molar-refractivity contribution in [2.24, 2.45) is 11.7 Å². The normalized spacial score (nSPS) is 19.8. The smallest absolute Gasteiger partial charge is 0.400 e. The van der Waals surface area contributed by atoms with E-state index in [4.69, 9.17) is 15.0 Å². The Hall–Kier alpha value is -1.43. The van der Waals surface area contributed by atoms with Crippen LogP contribution >= 0.6 is 0 Å². The van der Waals surface area contributed by atoms with E-state index in [1.54, 1.807) is 0 Å². The monoisotopic (exact) mass is 329 g/mol. The van der Waals surface area contributed by atoms with Crippen LogP contribution < -0.4 is 5.73 Å². The summed E-state index contributed by atoms with van der Waals surface area (Å²) in [6.45, 7) is 12.2. The zero-order valence-electron chi connectivity index (χ0n) is 15.6. The lowest BCUT2D eigenvalue weighted by atomic mass is 9.77. The minimum Gasteiger partial charge on any atom is -0.400 e. The number of nitrogens with two attached hydrogens (primary N) is 1. The number of hydrogen-bond acceptors (Lipinski definition) is 4. The van der Waals surface area contributed by atoms with Gasteiger partial charge in [0, 0.05) is 18.0 Å². The molecule has 0 saturated carbocycles. The van der Waals surface area contributed by atoms with E-state index in [9.17, 15) is 4.79 Å². The van der Waals surface area contributed by atoms with Gasteiger partial charge in [0.25, 0.3) is 0 Å². The molecule has 0 bridgehead atoms. The Labute approximate surface area is 145 Å². The van der Waals surface area contributed by atoms with Crippen molar-refractivity contribution >= 4 is 19.0 Å². The highest BCUT2D eigenvalue weighted by atomic mass is 16.7. The molecule has 0 spiro atoms. The first kappa shape index (κ1) is 18.9. The van der Waals surface area contributed by atoms with Gasteiger partial charge in [-0.3, -0.25) is 4.79 Å². The summed E-state index contributed by atoms with van der Waals surface area (Å²) in [6, 6.07) is 7.56. The first-order valence-electron chi connectivity index (χ1n) is 8.48. The highest BCUT2D eigenvalue weighted by molar-refractivity contribution is 6.55. The van der Waals surface area contributed by atoms with Crippen LogP contribution in [0.5, 0.6) is 0 Å². The van der Waals surface area contributed by atoms with Gasteiger partial charge >= 0.3 is 7.12 Å². The zero-order valence-corrected chi connectivity index (χ0v) is 15.6. The maximum atomic E-state index is 12.0. The van der Waals surface area contributed by atoms with Crippen LogP contribution in [0, 0.1) is 5.92 Å². The average Bonchev–Trinajstić information content (AvgIpc) is 2.72. The predicted molar refractivity (Wildman–Crippen MR) is 98.7 cm³/mol. The van der Waals surface area contributed by atoms with Crippen LogP contribution in [0.4, 0.5) is 0 Å². The molecule has 4 nitrogen and oxygen atoms in total. The number of rotatable bonds is 5. The van der Waals surface area contributed by atoms with Crippen molar-refractivity contribution in [3.8, 4) is 0 Å². The molecule has 1 aromatic carbocycles. The fourth-order valence-electron chi connectivity index (χ4n) is 2.51. The first-order valence-corrected chi connectivity index (χ1v) is 8.48. The molecule has 0 radical (unpaired) electrons. The van der Waals surface area contributed by atoms with Gasteiger partial charge in [-0.2, -0.15) is 0 Å². The standard InChI is InChI=1S/C19H28BNO3/c1-13(2)17(22)15-9-7-14(8-10-15)11-16(12-21)20-23-18(3,4)19(5,6)24-20/h7-11,13H,12,21H2,1-6H3. The molecule has 0 aliphatic carbocycles. The predicted octanol–water partition coefficient (Wildman–Crippen LogP) is 3.50. The molecular formula is C19H28BNO3. The number of carbonyl (C=O) groups is 1. The maximum Gasteiger partial charge on any atom is 0.491 e. The van der Waals surface area contributed by atoms with E-state index in [0.29, 0.717) is 6.54 Å². The van der Waals surface area contributed by atoms with Crippen LogP contribution in [0.15, 0.2) is 29.7 Å². The topological polar surface area (TPSA) is 61.6 Å². The number of carbonyl (C=O) groups excluding carboxylic acids is 1. The maximum absolute atomic E-state index is 12.0. The van der Waals surface area contributed by atoms with Gasteiger partial charge in [0.05, 0.1) is 11.2 Å². The van der Waals surface area contributed by atoms with E-state index in [2.05, 4.69) is 0 Å². The minimum atomic E-state index is -0.447. The number of hydrogen-bond donors (Lipinski definition) is 1. The van der Waals surface area contributed by atoms with Crippen molar-refractivity contribution in [3.05, 3.63) is 40.9 Å². The van der Waals surface area contributed by atoms with E-state index in [0.717, 1.165) is 16.6 Å². The second-order valence-electron chi connectivity index (χ2n) is 7.65. The Balaban J connectivity index is 2.21. The molecule has 1 aliphatic rings. The quantitative estimate of drug-likeness (QED) is 0.663. The van der Waals surface area contributed by atoms with E-state index in [1.165, 1.54) is 0 Å². The number of benzene rings is 1. The van der Waals surface area contributed by atoms with Gasteiger partial charge in [0.2, 0.25) is 0 Å². The molecule has 1 heterocycles. The van der Waals surface area contributed by atoms with Crippen LogP contribution in [-0.2, 0) is 9.31 Å². The Morgan fingerprint density at radius 2 is 1.62 bits per heavy atom. The third-order valence-corrected chi connectivity index (χ3v) is 4.86. The Bertz CT molecular complexity index is 617. The molecule has 1 fully saturated rings. The summed E-state index contributed by atoms with van der Waals surface area (Å²) in [7, 11) is -0.447. The Morgan fingerprint density at radius 3 is 2.04 bits per heavy atom. The SMILES string of the molecule is CC(C)C(=O)c1ccc(C=C(CN)B2OC(C)(C)C(C)(C)O2)cc1. The summed E-state index contributed by atoms with van der Waals surface area (Å²) < 4.78 is 12.1. The van der Waals surface area contributed by atoms with E-state index in [-0.39, 0.29) is 22.9 Å². The van der Waals surface area contributed by atoms with Gasteiger partial charge in [-0.15, -0.1) is 0 Å². The summed E-state index contributed by atoms with van der Waals surface area (Å²) in [5.41, 5.74) is 7.73. The lowest BCUT2D eigenvalue weighted by Gasteiger charge is -2.32. The van der Waals surface area contributed by atoms with Gasteiger partial charge in [0.15, 0.2) is 5.78 Å². The Morgan fingerprint density at radius 1 is 1.12 bits per heavy atom. The van der Waals surface area contributed by atoms with Crippen LogP contribution in [0.2, 0.25) is 0 Å². The molecule has 130 valence electrons. The fraction of sp³-hybridized carbons (Fsp3) is 0.526. The van der Waals surface area contributed by atoms with E-state index >= 15 is 0 Å². The molecule has 1 aliphatic heterocycles. The molecule has 0 aromatic heterocycles. The summed E-state index contributed by atoms with van der Waals surface area (Å²) in [5.74, 6) is 0.145. The second kappa shape index (κ2) is 6.83. The van der Waals surface area contributed by atoms with Crippen LogP contribution in [0.25, 0.3) is 6.08 Å². The van der Waals surface area contributed by atoms with Crippen LogP contribution in [0.1, 0.15) is 57.5 Å². The number of ketones is 1. The molecule has 0 atom stereocenters. The van der Waals surface area contributed by atoms with Crippen LogP contribution in [0.3, 0.4) is 0 Å². The fourth-order valence-corrected chi connectivity index (χ4v) is 2.51. The van der Waals surface area contributed by atoms with Crippen molar-refractivity contribution < 1.29 is 14.1 Å². The minimum absolute atomic E-state index is 0.00394. The highest BCUT2D eigenvalue weighted by Gasteiger charge is 2.52. The third kappa shape index (κ3) is 3.80. The molecule has 1 saturated heterocycles. The molecule has 5 heteroatoms. The van der Waals surface area contributed by atoms with Crippen LogP contribution in [-0.4, -0.2) is 30.6 Å². The van der Waals surface area contributed by atoms with Crippen molar-refractivity contribution in [2.75, 3.05) is 6.54 Å². The third-order valence-electron chi connectivity index (χ3n) is 4.86. The van der Waals surface area contributed by atoms with Crippen molar-refractivity contribution in [3.63, 3.8) is 0 Å². The first-order chi connectivity index (χ1) is 11.1. The molecule has 2 N–H and O–H groups in total. The largest absolute Gasteiger partial charge is 0.491 e. The molecular weight excluding hydrogens is 301 g/mol. The van der Waals surface area contributed by atoms with Gasteiger partial charge in [0.1, 0.15) is 0 Å². The highest BCUT2D eigenvalue weighted by Crippen LogP contribution is 2.38. The average molecular weight is 329 g/mol. The molecule has 0 unspecified atom stereocenters. The Kier molecular flexibility index (Phi) is 5.38.